The Labute approximate surface area is 242 Å². The summed E-state index contributed by atoms with van der Waals surface area (Å²) in [6.07, 6.45) is 22.1. The summed E-state index contributed by atoms with van der Waals surface area (Å²) in [5.41, 5.74) is 2.43. The van der Waals surface area contributed by atoms with E-state index in [0.29, 0.717) is 35.7 Å². The van der Waals surface area contributed by atoms with Gasteiger partial charge in [-0.2, -0.15) is 0 Å². The van der Waals surface area contributed by atoms with Crippen LogP contribution in [0.25, 0.3) is 11.0 Å². The molecule has 0 aliphatic rings. The largest absolute Gasteiger partial charge is 0.493 e. The molecule has 0 atom stereocenters. The zero-order valence-corrected chi connectivity index (χ0v) is 25.7. The molecule has 0 spiro atoms. The van der Waals surface area contributed by atoms with E-state index in [1.165, 1.54) is 56.1 Å². The van der Waals surface area contributed by atoms with Crippen molar-refractivity contribution in [3.05, 3.63) is 64.1 Å². The van der Waals surface area contributed by atoms with Crippen LogP contribution in [0.4, 0.5) is 0 Å². The van der Waals surface area contributed by atoms with Crippen molar-refractivity contribution >= 4 is 11.0 Å². The van der Waals surface area contributed by atoms with Gasteiger partial charge in [0.1, 0.15) is 17.9 Å². The van der Waals surface area contributed by atoms with Gasteiger partial charge in [0.2, 0.25) is 5.75 Å². The first-order valence-corrected chi connectivity index (χ1v) is 15.4. The van der Waals surface area contributed by atoms with Gasteiger partial charge in [-0.05, 0) is 71.1 Å². The predicted octanol–water partition coefficient (Wildman–Crippen LogP) is 10.1. The zero-order valence-electron chi connectivity index (χ0n) is 25.7. The number of benzene rings is 1. The van der Waals surface area contributed by atoms with Crippen LogP contribution in [0.1, 0.15) is 112 Å². The summed E-state index contributed by atoms with van der Waals surface area (Å²) in [5.74, 6) is 1.24. The Morgan fingerprint density at radius 3 is 2.27 bits per heavy atom. The number of unbranched alkanes of at least 4 members (excludes halogenated alkanes) is 7. The highest BCUT2D eigenvalue weighted by Gasteiger charge is 2.18. The predicted molar refractivity (Wildman–Crippen MR) is 168 cm³/mol. The Balaban J connectivity index is 2.08. The molecule has 0 saturated heterocycles. The van der Waals surface area contributed by atoms with Crippen molar-refractivity contribution in [2.75, 3.05) is 19.8 Å². The summed E-state index contributed by atoms with van der Waals surface area (Å²) in [7, 11) is 0. The first-order chi connectivity index (χ1) is 19.5. The van der Waals surface area contributed by atoms with E-state index in [0.717, 1.165) is 32.1 Å². The quantitative estimate of drug-likeness (QED) is 0.0876. The lowest BCUT2D eigenvalue weighted by atomic mass is 10.1. The third-order valence-electron chi connectivity index (χ3n) is 6.74. The lowest BCUT2D eigenvalue weighted by Gasteiger charge is -2.14. The van der Waals surface area contributed by atoms with Gasteiger partial charge in [-0.15, -0.1) is 0 Å². The van der Waals surface area contributed by atoms with Crippen molar-refractivity contribution in [1.82, 2.24) is 0 Å². The van der Waals surface area contributed by atoms with E-state index < -0.39 is 5.63 Å². The third-order valence-corrected chi connectivity index (χ3v) is 6.74. The van der Waals surface area contributed by atoms with Crippen LogP contribution < -0.4 is 19.8 Å². The van der Waals surface area contributed by atoms with Crippen LogP contribution in [0, 0.1) is 0 Å². The lowest BCUT2D eigenvalue weighted by Crippen LogP contribution is -2.11. The van der Waals surface area contributed by atoms with Crippen LogP contribution in [0.5, 0.6) is 17.2 Å². The molecule has 1 heterocycles. The summed E-state index contributed by atoms with van der Waals surface area (Å²) in [4.78, 5) is 13.0. The first kappa shape index (κ1) is 33.3. The average molecular weight is 553 g/mol. The molecule has 0 unspecified atom stereocenters. The molecule has 40 heavy (non-hydrogen) atoms. The summed E-state index contributed by atoms with van der Waals surface area (Å²) < 4.78 is 23.7. The Hall–Kier alpha value is -2.95. The van der Waals surface area contributed by atoms with Crippen molar-refractivity contribution < 1.29 is 18.6 Å². The number of allylic oxidation sites excluding steroid dienone is 4. The molecule has 5 nitrogen and oxygen atoms in total. The van der Waals surface area contributed by atoms with Crippen molar-refractivity contribution in [3.8, 4) is 17.2 Å². The molecule has 0 fully saturated rings. The van der Waals surface area contributed by atoms with Gasteiger partial charge in [-0.1, -0.05) is 88.2 Å². The number of hydrogen-bond donors (Lipinski definition) is 0. The number of fused-ring (bicyclic) bond motifs is 1. The SMILES string of the molecule is CCC=CCCOc1c(OC/C=C(\C)CCC=C(C)C)c(=O)oc2cc(OCCCCCCCCCC)ccc12. The van der Waals surface area contributed by atoms with Gasteiger partial charge in [0.05, 0.1) is 18.6 Å². The van der Waals surface area contributed by atoms with Gasteiger partial charge in [0.25, 0.3) is 0 Å². The molecule has 2 rings (SSSR count). The number of rotatable bonds is 21. The number of ether oxygens (including phenoxy) is 3. The number of hydrogen-bond acceptors (Lipinski definition) is 5. The minimum absolute atomic E-state index is 0.118. The van der Waals surface area contributed by atoms with Crippen molar-refractivity contribution in [2.24, 2.45) is 0 Å². The summed E-state index contributed by atoms with van der Waals surface area (Å²) in [5, 5.41) is 0.706. The molecule has 2 aromatic rings. The smallest absolute Gasteiger partial charge is 0.383 e. The Morgan fingerprint density at radius 1 is 0.800 bits per heavy atom. The fraction of sp³-hybridized carbons (Fsp3) is 0.571. The molecule has 5 heteroatoms. The molecule has 0 saturated carbocycles. The first-order valence-electron chi connectivity index (χ1n) is 15.4. The van der Waals surface area contributed by atoms with Crippen molar-refractivity contribution in [1.29, 1.82) is 0 Å². The maximum Gasteiger partial charge on any atom is 0.383 e. The highest BCUT2D eigenvalue weighted by molar-refractivity contribution is 5.86. The van der Waals surface area contributed by atoms with Crippen LogP contribution in [0.15, 0.2) is 62.9 Å². The van der Waals surface area contributed by atoms with Crippen LogP contribution in [-0.2, 0) is 0 Å². The molecule has 0 amide bonds. The van der Waals surface area contributed by atoms with Crippen molar-refractivity contribution in [3.63, 3.8) is 0 Å². The molecule has 0 aliphatic carbocycles. The van der Waals surface area contributed by atoms with E-state index >= 15 is 0 Å². The van der Waals surface area contributed by atoms with Gasteiger partial charge < -0.3 is 18.6 Å². The molecule has 222 valence electrons. The van der Waals surface area contributed by atoms with E-state index in [-0.39, 0.29) is 12.4 Å². The standard InChI is InChI=1S/C35H52O5/c1-6-8-10-12-13-14-15-17-24-37-30-21-22-31-32(27-30)40-35(36)34(33(31)38-25-16-11-9-7-2)39-26-23-29(5)20-18-19-28(3)4/h9,11,19,21-23,27H,6-8,10,12-18,20,24-26H2,1-5H3/b11-9?,29-23+. The van der Waals surface area contributed by atoms with Crippen LogP contribution in [0.2, 0.25) is 0 Å². The highest BCUT2D eigenvalue weighted by Crippen LogP contribution is 2.35. The monoisotopic (exact) mass is 552 g/mol. The summed E-state index contributed by atoms with van der Waals surface area (Å²) in [6.45, 7) is 12.0. The van der Waals surface area contributed by atoms with E-state index in [1.54, 1.807) is 6.07 Å². The lowest BCUT2D eigenvalue weighted by molar-refractivity contribution is 0.279. The maximum atomic E-state index is 13.0. The summed E-state index contributed by atoms with van der Waals surface area (Å²) in [6, 6.07) is 5.59. The summed E-state index contributed by atoms with van der Waals surface area (Å²) >= 11 is 0. The van der Waals surface area contributed by atoms with E-state index in [9.17, 15) is 4.79 Å². The molecule has 0 radical (unpaired) electrons. The molecule has 1 aromatic heterocycles. The second-order valence-corrected chi connectivity index (χ2v) is 10.7. The second kappa shape index (κ2) is 20.0. The van der Waals surface area contributed by atoms with Gasteiger partial charge in [-0.25, -0.2) is 4.79 Å². The van der Waals surface area contributed by atoms with Gasteiger partial charge in [0.15, 0.2) is 5.75 Å². The molecule has 0 bridgehead atoms. The minimum atomic E-state index is -0.539. The maximum absolute atomic E-state index is 13.0. The van der Waals surface area contributed by atoms with Gasteiger partial charge in [0, 0.05) is 6.07 Å². The van der Waals surface area contributed by atoms with Gasteiger partial charge in [-0.3, -0.25) is 0 Å². The van der Waals surface area contributed by atoms with Crippen LogP contribution in [-0.4, -0.2) is 19.8 Å². The zero-order chi connectivity index (χ0) is 29.0. The molecule has 0 aliphatic heterocycles. The topological polar surface area (TPSA) is 57.9 Å². The van der Waals surface area contributed by atoms with E-state index in [4.69, 9.17) is 18.6 Å². The fourth-order valence-corrected chi connectivity index (χ4v) is 4.39. The Kier molecular flexibility index (Phi) is 16.6. The van der Waals surface area contributed by atoms with E-state index in [1.807, 2.05) is 18.2 Å². The minimum Gasteiger partial charge on any atom is -0.493 e. The highest BCUT2D eigenvalue weighted by atomic mass is 16.5. The van der Waals surface area contributed by atoms with Crippen LogP contribution >= 0.6 is 0 Å². The van der Waals surface area contributed by atoms with E-state index in [2.05, 4.69) is 52.8 Å². The Morgan fingerprint density at radius 2 is 1.55 bits per heavy atom. The molecule has 1 aromatic carbocycles. The fourth-order valence-electron chi connectivity index (χ4n) is 4.39. The van der Waals surface area contributed by atoms with Gasteiger partial charge >= 0.3 is 5.63 Å². The van der Waals surface area contributed by atoms with Crippen molar-refractivity contribution in [2.45, 2.75) is 112 Å². The normalized spacial score (nSPS) is 11.8. The Bertz CT molecular complexity index is 1130. The molecular formula is C35H52O5. The molecule has 0 N–H and O–H groups in total. The molecular weight excluding hydrogens is 500 g/mol. The average Bonchev–Trinajstić information content (AvgIpc) is 2.92. The third kappa shape index (κ3) is 12.9. The van der Waals surface area contributed by atoms with Crippen LogP contribution in [0.3, 0.4) is 0 Å². The second-order valence-electron chi connectivity index (χ2n) is 10.7.